The van der Waals surface area contributed by atoms with Crippen LogP contribution >= 0.6 is 23.4 Å². The van der Waals surface area contributed by atoms with Crippen molar-refractivity contribution >= 4 is 52.2 Å². The fraction of sp³-hybridized carbons (Fsp3) is 0.190. The number of phenolic OH excluding ortho intramolecular Hbond substituents is 1. The molecule has 1 N–H and O–H groups in total. The van der Waals surface area contributed by atoms with E-state index in [4.69, 9.17) is 21.1 Å². The molecule has 30 heavy (non-hydrogen) atoms. The van der Waals surface area contributed by atoms with Crippen LogP contribution < -0.4 is 4.74 Å². The van der Waals surface area contributed by atoms with Crippen LogP contribution in [0.25, 0.3) is 6.08 Å². The number of rotatable bonds is 5. The molecule has 3 rings (SSSR count). The Hall–Kier alpha value is -2.97. The number of nitrogens with zero attached hydrogens (tertiary/aromatic N) is 2. The molecule has 7 nitrogen and oxygen atoms in total. The van der Waals surface area contributed by atoms with Gasteiger partial charge in [-0.3, -0.25) is 9.69 Å². The number of esters is 1. The average molecular weight is 447 g/mol. The number of amidine groups is 1. The summed E-state index contributed by atoms with van der Waals surface area (Å²) in [6.07, 6.45) is 1.66. The average Bonchev–Trinajstić information content (AvgIpc) is 2.99. The van der Waals surface area contributed by atoms with E-state index < -0.39 is 5.97 Å². The van der Waals surface area contributed by atoms with Gasteiger partial charge in [0.15, 0.2) is 16.7 Å². The zero-order valence-corrected chi connectivity index (χ0v) is 18.1. The summed E-state index contributed by atoms with van der Waals surface area (Å²) in [5.41, 5.74) is 1.64. The molecular weight excluding hydrogens is 428 g/mol. The number of phenols is 1. The van der Waals surface area contributed by atoms with Crippen molar-refractivity contribution < 1.29 is 24.2 Å². The van der Waals surface area contributed by atoms with Crippen molar-refractivity contribution in [1.82, 2.24) is 4.90 Å². The number of aliphatic imine (C=N–C) groups is 1. The van der Waals surface area contributed by atoms with Gasteiger partial charge in [0.2, 0.25) is 0 Å². The summed E-state index contributed by atoms with van der Waals surface area (Å²) in [6, 6.07) is 9.75. The number of carbonyl (C=O) groups excluding carboxylic acids is 2. The minimum atomic E-state index is -0.396. The summed E-state index contributed by atoms with van der Waals surface area (Å²) in [7, 11) is 3.05. The van der Waals surface area contributed by atoms with Gasteiger partial charge in [-0.25, -0.2) is 9.79 Å². The molecule has 1 saturated heterocycles. The number of ether oxygens (including phenoxy) is 2. The normalized spacial score (nSPS) is 16.4. The second-order valence-electron chi connectivity index (χ2n) is 6.19. The fourth-order valence-electron chi connectivity index (χ4n) is 2.63. The number of halogens is 1. The predicted octanol–water partition coefficient (Wildman–Crippen LogP) is 4.46. The van der Waals surface area contributed by atoms with Gasteiger partial charge in [0, 0.05) is 7.05 Å². The SMILES string of the molecule is CCOC(=O)c1ccc(N=C2S/C(=C\c3cc(Cl)c(O)c(OC)c3)C(=O)N2C)cc1. The largest absolute Gasteiger partial charge is 0.503 e. The number of likely N-dealkylation sites (N-methyl/N-ethyl adjacent to an activating group) is 1. The first-order valence-electron chi connectivity index (χ1n) is 8.94. The molecule has 0 atom stereocenters. The Labute approximate surface area is 183 Å². The van der Waals surface area contributed by atoms with Crippen LogP contribution in [0.15, 0.2) is 46.3 Å². The molecule has 1 aliphatic rings. The molecule has 2 aromatic carbocycles. The highest BCUT2D eigenvalue weighted by molar-refractivity contribution is 8.18. The van der Waals surface area contributed by atoms with Gasteiger partial charge in [-0.15, -0.1) is 0 Å². The summed E-state index contributed by atoms with van der Waals surface area (Å²) in [6.45, 7) is 2.05. The van der Waals surface area contributed by atoms with Crippen LogP contribution in [0.1, 0.15) is 22.8 Å². The lowest BCUT2D eigenvalue weighted by atomic mass is 10.2. The summed E-state index contributed by atoms with van der Waals surface area (Å²) >= 11 is 7.23. The Morgan fingerprint density at radius 1 is 1.30 bits per heavy atom. The Balaban J connectivity index is 1.85. The lowest BCUT2D eigenvalue weighted by molar-refractivity contribution is -0.121. The van der Waals surface area contributed by atoms with Crippen LogP contribution in [0.3, 0.4) is 0 Å². The minimum Gasteiger partial charge on any atom is -0.503 e. The monoisotopic (exact) mass is 446 g/mol. The molecule has 9 heteroatoms. The first-order chi connectivity index (χ1) is 14.3. The van der Waals surface area contributed by atoms with E-state index in [1.807, 2.05) is 0 Å². The quantitative estimate of drug-likeness (QED) is 0.538. The highest BCUT2D eigenvalue weighted by Crippen LogP contribution is 2.38. The van der Waals surface area contributed by atoms with Gasteiger partial charge < -0.3 is 14.6 Å². The van der Waals surface area contributed by atoms with Gasteiger partial charge in [-0.1, -0.05) is 11.6 Å². The fourth-order valence-corrected chi connectivity index (χ4v) is 3.84. The molecule has 2 aromatic rings. The maximum absolute atomic E-state index is 12.6. The summed E-state index contributed by atoms with van der Waals surface area (Å²) in [5, 5.41) is 10.5. The topological polar surface area (TPSA) is 88.4 Å². The summed E-state index contributed by atoms with van der Waals surface area (Å²) < 4.78 is 10.1. The van der Waals surface area contributed by atoms with E-state index in [0.717, 1.165) is 0 Å². The van der Waals surface area contributed by atoms with Crippen LogP contribution in [0, 0.1) is 0 Å². The molecule has 1 aliphatic heterocycles. The first-order valence-corrected chi connectivity index (χ1v) is 10.1. The van der Waals surface area contributed by atoms with Gasteiger partial charge in [-0.05, 0) is 66.7 Å². The van der Waals surface area contributed by atoms with E-state index in [2.05, 4.69) is 4.99 Å². The third-order valence-electron chi connectivity index (χ3n) is 4.18. The molecule has 0 aromatic heterocycles. The number of thioether (sulfide) groups is 1. The van der Waals surface area contributed by atoms with Crippen LogP contribution in [0.4, 0.5) is 5.69 Å². The zero-order chi connectivity index (χ0) is 21.8. The Bertz CT molecular complexity index is 1050. The van der Waals surface area contributed by atoms with Gasteiger partial charge in [0.1, 0.15) is 0 Å². The molecule has 0 saturated carbocycles. The van der Waals surface area contributed by atoms with E-state index in [9.17, 15) is 14.7 Å². The van der Waals surface area contributed by atoms with Gasteiger partial charge >= 0.3 is 5.97 Å². The molecule has 0 bridgehead atoms. The second-order valence-corrected chi connectivity index (χ2v) is 7.61. The van der Waals surface area contributed by atoms with Crippen molar-refractivity contribution in [1.29, 1.82) is 0 Å². The standard InChI is InChI=1S/C21H19ClN2O5S/c1-4-29-20(27)13-5-7-14(8-6-13)23-21-24(2)19(26)17(30-21)11-12-9-15(22)18(25)16(10-12)28-3/h5-11,25H,4H2,1-3H3/b17-11-,23-21?. The number of amides is 1. The molecule has 0 aliphatic carbocycles. The van der Waals surface area contributed by atoms with E-state index >= 15 is 0 Å². The third-order valence-corrected chi connectivity index (χ3v) is 5.52. The zero-order valence-electron chi connectivity index (χ0n) is 16.5. The molecular formula is C21H19ClN2O5S. The number of hydrogen-bond donors (Lipinski definition) is 1. The first kappa shape index (κ1) is 21.7. The number of carbonyl (C=O) groups is 2. The van der Waals surface area contributed by atoms with Crippen LogP contribution in [-0.4, -0.2) is 47.8 Å². The van der Waals surface area contributed by atoms with Crippen molar-refractivity contribution in [2.75, 3.05) is 20.8 Å². The minimum absolute atomic E-state index is 0.126. The van der Waals surface area contributed by atoms with E-state index in [-0.39, 0.29) is 22.4 Å². The van der Waals surface area contributed by atoms with Crippen molar-refractivity contribution in [2.45, 2.75) is 6.92 Å². The molecule has 0 radical (unpaired) electrons. The van der Waals surface area contributed by atoms with Crippen LogP contribution in [0.5, 0.6) is 11.5 Å². The molecule has 1 amide bonds. The molecule has 0 unspecified atom stereocenters. The number of benzene rings is 2. The van der Waals surface area contributed by atoms with E-state index in [1.165, 1.54) is 23.8 Å². The maximum atomic E-state index is 12.6. The van der Waals surface area contributed by atoms with Gasteiger partial charge in [0.25, 0.3) is 5.91 Å². The summed E-state index contributed by atoms with van der Waals surface area (Å²) in [4.78, 5) is 30.7. The molecule has 156 valence electrons. The second kappa shape index (κ2) is 9.23. The van der Waals surface area contributed by atoms with Gasteiger partial charge in [0.05, 0.1) is 34.9 Å². The Kier molecular flexibility index (Phi) is 6.69. The molecule has 0 spiro atoms. The van der Waals surface area contributed by atoms with Crippen molar-refractivity contribution in [2.24, 2.45) is 4.99 Å². The predicted molar refractivity (Wildman–Crippen MR) is 118 cm³/mol. The number of methoxy groups -OCH3 is 1. The summed E-state index contributed by atoms with van der Waals surface area (Å²) in [5.74, 6) is -0.552. The lowest BCUT2D eigenvalue weighted by Crippen LogP contribution is -2.23. The van der Waals surface area contributed by atoms with Crippen LogP contribution in [0.2, 0.25) is 5.02 Å². The highest BCUT2D eigenvalue weighted by atomic mass is 35.5. The smallest absolute Gasteiger partial charge is 0.338 e. The van der Waals surface area contributed by atoms with Crippen molar-refractivity contribution in [3.8, 4) is 11.5 Å². The highest BCUT2D eigenvalue weighted by Gasteiger charge is 2.30. The lowest BCUT2D eigenvalue weighted by Gasteiger charge is -2.07. The van der Waals surface area contributed by atoms with E-state index in [0.29, 0.717) is 33.5 Å². The maximum Gasteiger partial charge on any atom is 0.338 e. The Morgan fingerprint density at radius 2 is 2.00 bits per heavy atom. The Morgan fingerprint density at radius 3 is 2.63 bits per heavy atom. The third kappa shape index (κ3) is 4.60. The number of aromatic hydroxyl groups is 1. The number of hydrogen-bond acceptors (Lipinski definition) is 7. The molecule has 1 fully saturated rings. The molecule has 1 heterocycles. The van der Waals surface area contributed by atoms with Crippen LogP contribution in [-0.2, 0) is 9.53 Å². The van der Waals surface area contributed by atoms with Crippen molar-refractivity contribution in [3.05, 3.63) is 57.5 Å². The van der Waals surface area contributed by atoms with Gasteiger partial charge in [-0.2, -0.15) is 0 Å². The van der Waals surface area contributed by atoms with E-state index in [1.54, 1.807) is 56.4 Å². The van der Waals surface area contributed by atoms with Crippen molar-refractivity contribution in [3.63, 3.8) is 0 Å².